The largest absolute Gasteiger partial charge is 0.480 e. The number of thiocarbonyl (C=S) groups is 1. The second-order valence-corrected chi connectivity index (χ2v) is 8.68. The highest BCUT2D eigenvalue weighted by Crippen LogP contribution is 2.58. The Morgan fingerprint density at radius 1 is 1.43 bits per heavy atom. The van der Waals surface area contributed by atoms with Gasteiger partial charge in [0.05, 0.1) is 4.75 Å². The molecule has 0 aliphatic carbocycles. The first-order valence-electron chi connectivity index (χ1n) is 4.57. The second-order valence-electron chi connectivity index (χ2n) is 3.60. The van der Waals surface area contributed by atoms with Gasteiger partial charge in [0, 0.05) is 0 Å². The molecule has 0 amide bonds. The first-order chi connectivity index (χ1) is 6.26. The molecule has 0 saturated heterocycles. The first-order valence-corrected chi connectivity index (χ1v) is 6.95. The van der Waals surface area contributed by atoms with Gasteiger partial charge in [-0.05, 0) is 25.4 Å². The van der Waals surface area contributed by atoms with Crippen LogP contribution < -0.4 is 5.73 Å². The Balaban J connectivity index is 5.39. The minimum atomic E-state index is -1.56. The van der Waals surface area contributed by atoms with E-state index in [1.165, 1.54) is 0 Å². The minimum absolute atomic E-state index is 0.384. The molecule has 0 aromatic rings. The predicted octanol–water partition coefficient (Wildman–Crippen LogP) is 1.94. The Kier molecular flexibility index (Phi) is 4.39. The fraction of sp³-hybridized carbons (Fsp3) is 0.778. The van der Waals surface area contributed by atoms with Gasteiger partial charge in [0.1, 0.15) is 4.32 Å². The monoisotopic (exact) mass is 237 g/mol. The molecule has 3 N–H and O–H groups in total. The molecule has 0 fully saturated rings. The molecule has 0 radical (unpaired) electrons. The lowest BCUT2D eigenvalue weighted by Crippen LogP contribution is -2.45. The molecule has 0 aliphatic rings. The number of carboxylic acid groups (broad SMARTS) is 1. The third kappa shape index (κ3) is 1.88. The van der Waals surface area contributed by atoms with Crippen molar-refractivity contribution in [3.63, 3.8) is 0 Å². The lowest BCUT2D eigenvalue weighted by Gasteiger charge is -2.47. The Bertz CT molecular complexity index is 247. The summed E-state index contributed by atoms with van der Waals surface area (Å²) in [6, 6.07) is 0. The number of carboxylic acids is 1. The summed E-state index contributed by atoms with van der Waals surface area (Å²) < 4.78 is -0.447. The quantitative estimate of drug-likeness (QED) is 0.733. The summed E-state index contributed by atoms with van der Waals surface area (Å²) >= 11 is 5.05. The maximum absolute atomic E-state index is 11.2. The molecule has 0 atom stereocenters. The summed E-state index contributed by atoms with van der Waals surface area (Å²) in [7, 11) is -1.56. The molecule has 0 aromatic carbocycles. The molecular formula is C9H19NO2S2. The van der Waals surface area contributed by atoms with Crippen LogP contribution >= 0.6 is 22.2 Å². The summed E-state index contributed by atoms with van der Waals surface area (Å²) in [4.78, 5) is 11.2. The van der Waals surface area contributed by atoms with Crippen LogP contribution in [-0.4, -0.2) is 31.6 Å². The molecule has 0 aliphatic heterocycles. The van der Waals surface area contributed by atoms with Crippen LogP contribution in [0.5, 0.6) is 0 Å². The van der Waals surface area contributed by atoms with E-state index in [2.05, 4.69) is 0 Å². The lowest BCUT2D eigenvalue weighted by atomic mass is 10.2. The van der Waals surface area contributed by atoms with Crippen molar-refractivity contribution in [2.45, 2.75) is 32.4 Å². The van der Waals surface area contributed by atoms with Crippen LogP contribution in [0.25, 0.3) is 0 Å². The van der Waals surface area contributed by atoms with Crippen LogP contribution in [0.15, 0.2) is 0 Å². The van der Waals surface area contributed by atoms with Gasteiger partial charge in [0.15, 0.2) is 0 Å². The molecule has 0 bridgehead atoms. The smallest absolute Gasteiger partial charge is 0.318 e. The second kappa shape index (κ2) is 4.49. The van der Waals surface area contributed by atoms with Gasteiger partial charge >= 0.3 is 5.97 Å². The first kappa shape index (κ1) is 13.7. The fourth-order valence-corrected chi connectivity index (χ4v) is 6.22. The van der Waals surface area contributed by atoms with Gasteiger partial charge in [-0.1, -0.05) is 26.1 Å². The van der Waals surface area contributed by atoms with E-state index >= 15 is 0 Å². The Morgan fingerprint density at radius 3 is 1.86 bits per heavy atom. The summed E-state index contributed by atoms with van der Waals surface area (Å²) in [6.45, 7) is 7.36. The van der Waals surface area contributed by atoms with Gasteiger partial charge in [-0.25, -0.2) is 0 Å². The summed E-state index contributed by atoms with van der Waals surface area (Å²) in [6.07, 6.45) is 0. The van der Waals surface area contributed by atoms with E-state index in [9.17, 15) is 9.90 Å². The summed E-state index contributed by atoms with van der Waals surface area (Å²) in [5.74, 6) is 0.653. The molecule has 0 spiro atoms. The van der Waals surface area contributed by atoms with Gasteiger partial charge in [-0.2, -0.15) is 10.0 Å². The van der Waals surface area contributed by atoms with Gasteiger partial charge < -0.3 is 10.8 Å². The Labute approximate surface area is 92.4 Å². The number of hydrogen-bond acceptors (Lipinski definition) is 2. The van der Waals surface area contributed by atoms with Crippen LogP contribution in [0.1, 0.15) is 27.7 Å². The van der Waals surface area contributed by atoms with Crippen molar-refractivity contribution in [3.05, 3.63) is 0 Å². The number of carbonyl (C=O) groups is 1. The van der Waals surface area contributed by atoms with Gasteiger partial charge in [0.25, 0.3) is 0 Å². The number of hydrogen-bond donors (Lipinski definition) is 2. The van der Waals surface area contributed by atoms with E-state index < -0.39 is 20.7 Å². The normalized spacial score (nSPS) is 13.7. The molecule has 3 nitrogen and oxygen atoms in total. The minimum Gasteiger partial charge on any atom is -0.480 e. The predicted molar refractivity (Wildman–Crippen MR) is 67.2 cm³/mol. The topological polar surface area (TPSA) is 63.3 Å². The third-order valence-electron chi connectivity index (χ3n) is 2.86. The number of aliphatic carboxylic acids is 1. The summed E-state index contributed by atoms with van der Waals surface area (Å²) in [5, 5.41) is 9.19. The van der Waals surface area contributed by atoms with Crippen molar-refractivity contribution in [1.29, 1.82) is 0 Å². The van der Waals surface area contributed by atoms with Crippen molar-refractivity contribution in [3.8, 4) is 0 Å². The Hall–Kier alpha value is -0.290. The van der Waals surface area contributed by atoms with Gasteiger partial charge in [0.2, 0.25) is 0 Å². The molecule has 0 aromatic heterocycles. The van der Waals surface area contributed by atoms with Crippen LogP contribution in [0, 0.1) is 0 Å². The molecule has 0 heterocycles. The zero-order valence-corrected chi connectivity index (χ0v) is 10.8. The van der Waals surface area contributed by atoms with Crippen molar-refractivity contribution < 1.29 is 9.90 Å². The van der Waals surface area contributed by atoms with Gasteiger partial charge in [-0.3, -0.25) is 4.79 Å². The van der Waals surface area contributed by atoms with E-state index in [0.29, 0.717) is 4.32 Å². The third-order valence-corrected chi connectivity index (χ3v) is 8.69. The molecule has 0 unspecified atom stereocenters. The zero-order chi connectivity index (χ0) is 11.6. The molecular weight excluding hydrogens is 218 g/mol. The average molecular weight is 237 g/mol. The Morgan fingerprint density at radius 2 is 1.79 bits per heavy atom. The molecule has 0 saturated carbocycles. The molecule has 84 valence electrons. The van der Waals surface area contributed by atoms with Crippen molar-refractivity contribution in [2.24, 2.45) is 5.73 Å². The lowest BCUT2D eigenvalue weighted by molar-refractivity contribution is -0.139. The van der Waals surface area contributed by atoms with Gasteiger partial charge in [-0.15, -0.1) is 0 Å². The van der Waals surface area contributed by atoms with Crippen LogP contribution in [0.2, 0.25) is 0 Å². The maximum atomic E-state index is 11.2. The molecule has 14 heavy (non-hydrogen) atoms. The summed E-state index contributed by atoms with van der Waals surface area (Å²) in [5.41, 5.74) is 5.72. The zero-order valence-electron chi connectivity index (χ0n) is 9.16. The van der Waals surface area contributed by atoms with E-state index in [1.54, 1.807) is 13.8 Å². The fourth-order valence-electron chi connectivity index (χ4n) is 1.63. The molecule has 5 heteroatoms. The number of nitrogens with two attached hydrogens (primary N) is 1. The molecule has 0 rings (SSSR count). The van der Waals surface area contributed by atoms with Crippen LogP contribution in [0.4, 0.5) is 0 Å². The van der Waals surface area contributed by atoms with Crippen molar-refractivity contribution >= 4 is 32.5 Å². The van der Waals surface area contributed by atoms with Crippen LogP contribution in [0.3, 0.4) is 0 Å². The average Bonchev–Trinajstić information content (AvgIpc) is 2.05. The standard InChI is InChI=1S/C9H19NO2S2/c1-5-14(6-2,8(10)13)9(3,4)7(11)12/h5-6H2,1-4H3,(H2,10,13)(H,11,12). The maximum Gasteiger partial charge on any atom is 0.318 e. The highest BCUT2D eigenvalue weighted by Gasteiger charge is 2.45. The van der Waals surface area contributed by atoms with Crippen LogP contribution in [-0.2, 0) is 4.79 Å². The van der Waals surface area contributed by atoms with E-state index in [0.717, 1.165) is 11.5 Å². The van der Waals surface area contributed by atoms with Crippen molar-refractivity contribution in [1.82, 2.24) is 0 Å². The highest BCUT2D eigenvalue weighted by molar-refractivity contribution is 8.50. The SMILES string of the molecule is CCS(CC)(C(N)=S)C(C)(C)C(=O)O. The van der Waals surface area contributed by atoms with E-state index in [1.807, 2.05) is 13.8 Å². The van der Waals surface area contributed by atoms with E-state index in [4.69, 9.17) is 18.0 Å². The van der Waals surface area contributed by atoms with Crippen molar-refractivity contribution in [2.75, 3.05) is 11.5 Å². The van der Waals surface area contributed by atoms with E-state index in [-0.39, 0.29) is 0 Å². The number of rotatable bonds is 4. The highest BCUT2D eigenvalue weighted by atomic mass is 32.3.